The fourth-order valence-corrected chi connectivity index (χ4v) is 2.50. The van der Waals surface area contributed by atoms with Gasteiger partial charge in [-0.1, -0.05) is 33.8 Å². The van der Waals surface area contributed by atoms with E-state index in [0.29, 0.717) is 40.3 Å². The number of hydrogen-bond acceptors (Lipinski definition) is 7. The van der Waals surface area contributed by atoms with Crippen molar-refractivity contribution in [2.75, 3.05) is 32.0 Å². The third-order valence-corrected chi connectivity index (χ3v) is 3.67. The summed E-state index contributed by atoms with van der Waals surface area (Å²) >= 11 is 0. The fourth-order valence-electron chi connectivity index (χ4n) is 2.50. The van der Waals surface area contributed by atoms with E-state index in [4.69, 9.17) is 14.2 Å². The van der Waals surface area contributed by atoms with Crippen molar-refractivity contribution in [3.8, 4) is 17.2 Å². The summed E-state index contributed by atoms with van der Waals surface area (Å²) in [5, 5.41) is 6.15. The van der Waals surface area contributed by atoms with Gasteiger partial charge < -0.3 is 24.8 Å². The zero-order chi connectivity index (χ0) is 23.2. The zero-order valence-corrected chi connectivity index (χ0v) is 19.1. The molecule has 8 heteroatoms. The Balaban J connectivity index is 0.00000113. The van der Waals surface area contributed by atoms with Crippen LogP contribution in [0.2, 0.25) is 0 Å². The average molecular weight is 431 g/mol. The highest BCUT2D eigenvalue weighted by molar-refractivity contribution is 5.67. The Morgan fingerprint density at radius 3 is 1.77 bits per heavy atom. The van der Waals surface area contributed by atoms with Crippen LogP contribution in [0.3, 0.4) is 0 Å². The smallest absolute Gasteiger partial charge is 0.203 e. The first-order valence-corrected chi connectivity index (χ1v) is 10.0. The molecular formula is C23H31FN4O3. The van der Waals surface area contributed by atoms with Crippen molar-refractivity contribution in [2.24, 2.45) is 0 Å². The molecule has 0 aliphatic carbocycles. The second-order valence-corrected chi connectivity index (χ2v) is 5.46. The number of aromatic nitrogens is 2. The van der Waals surface area contributed by atoms with E-state index in [1.165, 1.54) is 12.1 Å². The maximum atomic E-state index is 13.3. The Bertz CT molecular complexity index is 913. The fraction of sp³-hybridized carbons (Fsp3) is 0.304. The molecule has 0 saturated carbocycles. The summed E-state index contributed by atoms with van der Waals surface area (Å²) in [5.74, 6) is 2.16. The van der Waals surface area contributed by atoms with Crippen molar-refractivity contribution in [1.82, 2.24) is 9.97 Å². The second-order valence-electron chi connectivity index (χ2n) is 5.46. The summed E-state index contributed by atoms with van der Waals surface area (Å²) in [6.07, 6.45) is 3.12. The maximum Gasteiger partial charge on any atom is 0.203 e. The average Bonchev–Trinajstić information content (AvgIpc) is 2.81. The summed E-state index contributed by atoms with van der Waals surface area (Å²) in [4.78, 5) is 8.58. The molecule has 0 saturated heterocycles. The van der Waals surface area contributed by atoms with Gasteiger partial charge in [-0.05, 0) is 18.2 Å². The normalized spacial score (nSPS) is 9.29. The third kappa shape index (κ3) is 7.33. The summed E-state index contributed by atoms with van der Waals surface area (Å²) in [7, 11) is 4.63. The van der Waals surface area contributed by atoms with Crippen LogP contribution in [0, 0.1) is 5.82 Å². The van der Waals surface area contributed by atoms with E-state index in [1.807, 2.05) is 27.7 Å². The van der Waals surface area contributed by atoms with Gasteiger partial charge in [-0.25, -0.2) is 9.37 Å². The molecular weight excluding hydrogens is 399 g/mol. The SMILES string of the molecule is CC.CC.COc1cc(Nc2cncc(Nc3cccc(F)c3)n2)cc(OC)c1OC. The van der Waals surface area contributed by atoms with E-state index in [-0.39, 0.29) is 5.82 Å². The van der Waals surface area contributed by atoms with Crippen molar-refractivity contribution < 1.29 is 18.6 Å². The van der Waals surface area contributed by atoms with Crippen LogP contribution in [0.1, 0.15) is 27.7 Å². The molecule has 1 aromatic heterocycles. The van der Waals surface area contributed by atoms with Gasteiger partial charge in [0.2, 0.25) is 5.75 Å². The van der Waals surface area contributed by atoms with Gasteiger partial charge in [0, 0.05) is 23.5 Å². The Kier molecular flexibility index (Phi) is 11.2. The molecule has 0 amide bonds. The van der Waals surface area contributed by atoms with Gasteiger partial charge in [0.15, 0.2) is 23.1 Å². The molecule has 2 N–H and O–H groups in total. The third-order valence-electron chi connectivity index (χ3n) is 3.67. The lowest BCUT2D eigenvalue weighted by molar-refractivity contribution is 0.324. The van der Waals surface area contributed by atoms with Gasteiger partial charge in [-0.2, -0.15) is 0 Å². The molecule has 0 unspecified atom stereocenters. The quantitative estimate of drug-likeness (QED) is 0.463. The molecule has 0 atom stereocenters. The van der Waals surface area contributed by atoms with Gasteiger partial charge >= 0.3 is 0 Å². The Morgan fingerprint density at radius 2 is 1.29 bits per heavy atom. The van der Waals surface area contributed by atoms with Crippen molar-refractivity contribution >= 4 is 23.0 Å². The van der Waals surface area contributed by atoms with Crippen molar-refractivity contribution in [1.29, 1.82) is 0 Å². The number of benzene rings is 2. The largest absolute Gasteiger partial charge is 0.493 e. The molecule has 7 nitrogen and oxygen atoms in total. The highest BCUT2D eigenvalue weighted by Gasteiger charge is 2.13. The van der Waals surface area contributed by atoms with Crippen molar-refractivity contribution in [3.63, 3.8) is 0 Å². The number of rotatable bonds is 7. The Morgan fingerprint density at radius 1 is 0.742 bits per heavy atom. The van der Waals surface area contributed by atoms with E-state index in [2.05, 4.69) is 20.6 Å². The van der Waals surface area contributed by atoms with Crippen LogP contribution in [-0.4, -0.2) is 31.3 Å². The number of anilines is 4. The van der Waals surface area contributed by atoms with Crippen LogP contribution in [0.4, 0.5) is 27.4 Å². The van der Waals surface area contributed by atoms with Gasteiger partial charge in [0.25, 0.3) is 0 Å². The van der Waals surface area contributed by atoms with Crippen LogP contribution < -0.4 is 24.8 Å². The monoisotopic (exact) mass is 430 g/mol. The summed E-state index contributed by atoms with van der Waals surface area (Å²) < 4.78 is 29.3. The molecule has 168 valence electrons. The number of methoxy groups -OCH3 is 3. The van der Waals surface area contributed by atoms with E-state index in [1.54, 1.807) is 58.0 Å². The molecule has 0 aliphatic heterocycles. The lowest BCUT2D eigenvalue weighted by Crippen LogP contribution is -2.01. The lowest BCUT2D eigenvalue weighted by atomic mass is 10.2. The van der Waals surface area contributed by atoms with Gasteiger partial charge in [-0.15, -0.1) is 0 Å². The minimum atomic E-state index is -0.334. The highest BCUT2D eigenvalue weighted by Crippen LogP contribution is 2.40. The van der Waals surface area contributed by atoms with E-state index < -0.39 is 0 Å². The highest BCUT2D eigenvalue weighted by atomic mass is 19.1. The number of ether oxygens (including phenoxy) is 3. The first-order valence-electron chi connectivity index (χ1n) is 10.0. The summed E-state index contributed by atoms with van der Waals surface area (Å²) in [6, 6.07) is 9.62. The standard InChI is InChI=1S/C19H19FN4O3.2C2H6/c1-25-15-8-14(9-16(26-2)19(15)27-3)23-18-11-21-10-17(24-18)22-13-6-4-5-12(20)7-13;2*1-2/h4-11H,1-3H3,(H2,22,23,24);2*1-2H3. The molecule has 0 fully saturated rings. The predicted molar refractivity (Wildman–Crippen MR) is 124 cm³/mol. The van der Waals surface area contributed by atoms with Crippen molar-refractivity contribution in [3.05, 3.63) is 54.6 Å². The van der Waals surface area contributed by atoms with Gasteiger partial charge in [-0.3, -0.25) is 4.98 Å². The van der Waals surface area contributed by atoms with E-state index in [9.17, 15) is 4.39 Å². The predicted octanol–water partition coefficient (Wildman–Crippen LogP) is 6.18. The molecule has 0 radical (unpaired) electrons. The molecule has 2 aromatic carbocycles. The van der Waals surface area contributed by atoms with Crippen LogP contribution in [0.5, 0.6) is 17.2 Å². The van der Waals surface area contributed by atoms with E-state index in [0.717, 1.165) is 0 Å². The number of hydrogen-bond donors (Lipinski definition) is 2. The summed E-state index contributed by atoms with van der Waals surface area (Å²) in [5.41, 5.74) is 1.26. The molecule has 3 rings (SSSR count). The Labute approximate surface area is 183 Å². The molecule has 0 spiro atoms. The van der Waals surface area contributed by atoms with Crippen molar-refractivity contribution in [2.45, 2.75) is 27.7 Å². The molecule has 0 bridgehead atoms. The van der Waals surface area contributed by atoms with Crippen LogP contribution >= 0.6 is 0 Å². The number of halogens is 1. The lowest BCUT2D eigenvalue weighted by Gasteiger charge is -2.15. The molecule has 1 heterocycles. The topological polar surface area (TPSA) is 77.5 Å². The van der Waals surface area contributed by atoms with Crippen LogP contribution in [0.15, 0.2) is 48.8 Å². The first-order chi connectivity index (χ1) is 15.1. The molecule has 31 heavy (non-hydrogen) atoms. The molecule has 3 aromatic rings. The van der Waals surface area contributed by atoms with Crippen LogP contribution in [-0.2, 0) is 0 Å². The minimum absolute atomic E-state index is 0.334. The number of nitrogens with one attached hydrogen (secondary N) is 2. The van der Waals surface area contributed by atoms with E-state index >= 15 is 0 Å². The maximum absolute atomic E-state index is 13.3. The second kappa shape index (κ2) is 13.6. The van der Waals surface area contributed by atoms with Gasteiger partial charge in [0.05, 0.1) is 33.7 Å². The first kappa shape index (κ1) is 25.5. The zero-order valence-electron chi connectivity index (χ0n) is 19.1. The van der Waals surface area contributed by atoms with Gasteiger partial charge in [0.1, 0.15) is 5.82 Å². The van der Waals surface area contributed by atoms with Crippen LogP contribution in [0.25, 0.3) is 0 Å². The summed E-state index contributed by atoms with van der Waals surface area (Å²) in [6.45, 7) is 8.00. The molecule has 0 aliphatic rings. The minimum Gasteiger partial charge on any atom is -0.493 e. The number of nitrogens with zero attached hydrogens (tertiary/aromatic N) is 2. The Hall–Kier alpha value is -3.55.